The third-order valence-electron chi connectivity index (χ3n) is 2.78. The minimum absolute atomic E-state index is 0.198. The molecule has 1 N–H and O–H groups in total. The van der Waals surface area contributed by atoms with Gasteiger partial charge in [0, 0.05) is 25.0 Å². The van der Waals surface area contributed by atoms with Crippen LogP contribution < -0.4 is 5.32 Å². The Morgan fingerprint density at radius 2 is 2.25 bits per heavy atom. The maximum atomic E-state index is 8.92. The zero-order valence-corrected chi connectivity index (χ0v) is 10.5. The van der Waals surface area contributed by atoms with Gasteiger partial charge < -0.3 is 9.88 Å². The van der Waals surface area contributed by atoms with E-state index in [0.29, 0.717) is 0 Å². The van der Waals surface area contributed by atoms with Gasteiger partial charge in [0.1, 0.15) is 0 Å². The fourth-order valence-electron chi connectivity index (χ4n) is 1.76. The summed E-state index contributed by atoms with van der Waals surface area (Å²) in [5.41, 5.74) is 1.10. The van der Waals surface area contributed by atoms with Crippen LogP contribution in [0.3, 0.4) is 0 Å². The van der Waals surface area contributed by atoms with Crippen molar-refractivity contribution in [1.29, 1.82) is 5.26 Å². The molecule has 0 amide bonds. The molecule has 0 saturated heterocycles. The standard InChI is InChI=1S/C13H21N3/c1-13(2,11-14)7-5-9-16-8-4-6-12(16)10-15-3/h4,6,8,15H,5,7,9-10H2,1-3H3. The lowest BCUT2D eigenvalue weighted by Gasteiger charge is -2.15. The van der Waals surface area contributed by atoms with Crippen LogP contribution in [-0.4, -0.2) is 11.6 Å². The highest BCUT2D eigenvalue weighted by Gasteiger charge is 2.15. The summed E-state index contributed by atoms with van der Waals surface area (Å²) in [5, 5.41) is 12.1. The molecule has 0 fully saturated rings. The molecular formula is C13H21N3. The minimum atomic E-state index is -0.198. The summed E-state index contributed by atoms with van der Waals surface area (Å²) >= 11 is 0. The summed E-state index contributed by atoms with van der Waals surface area (Å²) in [7, 11) is 1.95. The van der Waals surface area contributed by atoms with Crippen molar-refractivity contribution in [3.8, 4) is 6.07 Å². The molecule has 1 aromatic heterocycles. The first-order valence-electron chi connectivity index (χ1n) is 5.79. The Labute approximate surface area is 98.1 Å². The molecule has 0 saturated carbocycles. The summed E-state index contributed by atoms with van der Waals surface area (Å²) in [6, 6.07) is 6.54. The van der Waals surface area contributed by atoms with Crippen LogP contribution in [0.4, 0.5) is 0 Å². The van der Waals surface area contributed by atoms with Gasteiger partial charge in [-0.25, -0.2) is 0 Å². The van der Waals surface area contributed by atoms with Crippen molar-refractivity contribution >= 4 is 0 Å². The van der Waals surface area contributed by atoms with E-state index >= 15 is 0 Å². The van der Waals surface area contributed by atoms with E-state index in [1.807, 2.05) is 20.9 Å². The highest BCUT2D eigenvalue weighted by atomic mass is 15.0. The van der Waals surface area contributed by atoms with Crippen LogP contribution in [-0.2, 0) is 13.1 Å². The average molecular weight is 219 g/mol. The Morgan fingerprint density at radius 1 is 1.50 bits per heavy atom. The lowest BCUT2D eigenvalue weighted by molar-refractivity contribution is 0.413. The molecule has 0 radical (unpaired) electrons. The van der Waals surface area contributed by atoms with Gasteiger partial charge in [0.2, 0.25) is 0 Å². The number of hydrogen-bond donors (Lipinski definition) is 1. The van der Waals surface area contributed by atoms with Crippen molar-refractivity contribution in [3.63, 3.8) is 0 Å². The van der Waals surface area contributed by atoms with Gasteiger partial charge in [0.15, 0.2) is 0 Å². The van der Waals surface area contributed by atoms with Crippen molar-refractivity contribution in [3.05, 3.63) is 24.0 Å². The first-order valence-corrected chi connectivity index (χ1v) is 5.79. The number of aryl methyl sites for hydroxylation is 1. The second-order valence-corrected chi connectivity index (χ2v) is 4.82. The van der Waals surface area contributed by atoms with E-state index in [-0.39, 0.29) is 5.41 Å². The van der Waals surface area contributed by atoms with Crippen LogP contribution in [0.1, 0.15) is 32.4 Å². The third kappa shape index (κ3) is 3.71. The van der Waals surface area contributed by atoms with E-state index < -0.39 is 0 Å². The summed E-state index contributed by atoms with van der Waals surface area (Å²) in [4.78, 5) is 0. The largest absolute Gasteiger partial charge is 0.350 e. The fraction of sp³-hybridized carbons (Fsp3) is 0.615. The first kappa shape index (κ1) is 12.8. The smallest absolute Gasteiger partial charge is 0.0683 e. The van der Waals surface area contributed by atoms with Crippen molar-refractivity contribution in [2.24, 2.45) is 5.41 Å². The van der Waals surface area contributed by atoms with Gasteiger partial charge >= 0.3 is 0 Å². The van der Waals surface area contributed by atoms with Crippen LogP contribution >= 0.6 is 0 Å². The lowest BCUT2D eigenvalue weighted by Crippen LogP contribution is -2.13. The lowest BCUT2D eigenvalue weighted by atomic mass is 9.90. The Hall–Kier alpha value is -1.27. The summed E-state index contributed by atoms with van der Waals surface area (Å²) in [6.45, 7) is 5.89. The average Bonchev–Trinajstić information content (AvgIpc) is 2.66. The predicted molar refractivity (Wildman–Crippen MR) is 65.8 cm³/mol. The molecule has 0 aromatic carbocycles. The molecule has 3 heteroatoms. The van der Waals surface area contributed by atoms with Gasteiger partial charge in [-0.3, -0.25) is 0 Å². The summed E-state index contributed by atoms with van der Waals surface area (Å²) in [5.74, 6) is 0. The zero-order chi connectivity index (χ0) is 12.0. The SMILES string of the molecule is CNCc1cccn1CCCC(C)(C)C#N. The topological polar surface area (TPSA) is 40.8 Å². The Kier molecular flexibility index (Phi) is 4.57. The summed E-state index contributed by atoms with van der Waals surface area (Å²) < 4.78 is 2.25. The molecule has 0 bridgehead atoms. The monoisotopic (exact) mass is 219 g/mol. The van der Waals surface area contributed by atoms with Crippen LogP contribution in [0.25, 0.3) is 0 Å². The Bertz CT molecular complexity index is 357. The molecule has 16 heavy (non-hydrogen) atoms. The number of hydrogen-bond acceptors (Lipinski definition) is 2. The van der Waals surface area contributed by atoms with E-state index in [1.54, 1.807) is 0 Å². The van der Waals surface area contributed by atoms with E-state index in [2.05, 4.69) is 34.3 Å². The maximum absolute atomic E-state index is 8.92. The molecule has 0 aliphatic carbocycles. The number of nitriles is 1. The highest BCUT2D eigenvalue weighted by molar-refractivity contribution is 5.06. The molecule has 0 aliphatic heterocycles. The molecule has 1 heterocycles. The van der Waals surface area contributed by atoms with Crippen LogP contribution in [0.2, 0.25) is 0 Å². The van der Waals surface area contributed by atoms with Crippen molar-refractivity contribution in [2.45, 2.75) is 39.8 Å². The molecule has 3 nitrogen and oxygen atoms in total. The van der Waals surface area contributed by atoms with Gasteiger partial charge in [0.05, 0.1) is 11.5 Å². The molecule has 88 valence electrons. The van der Waals surface area contributed by atoms with Gasteiger partial charge in [-0.15, -0.1) is 0 Å². The van der Waals surface area contributed by atoms with Crippen molar-refractivity contribution < 1.29 is 0 Å². The molecule has 1 rings (SSSR count). The normalized spacial score (nSPS) is 11.4. The number of nitrogens with zero attached hydrogens (tertiary/aromatic N) is 2. The number of nitrogens with one attached hydrogen (secondary N) is 1. The zero-order valence-electron chi connectivity index (χ0n) is 10.5. The van der Waals surface area contributed by atoms with E-state index in [9.17, 15) is 0 Å². The van der Waals surface area contributed by atoms with E-state index in [1.165, 1.54) is 5.69 Å². The van der Waals surface area contributed by atoms with Crippen LogP contribution in [0.15, 0.2) is 18.3 Å². The molecule has 0 atom stereocenters. The van der Waals surface area contributed by atoms with Gasteiger partial charge in [-0.1, -0.05) is 0 Å². The molecule has 0 aliphatic rings. The quantitative estimate of drug-likeness (QED) is 0.798. The first-order chi connectivity index (χ1) is 7.59. The van der Waals surface area contributed by atoms with Crippen molar-refractivity contribution in [2.75, 3.05) is 7.05 Å². The van der Waals surface area contributed by atoms with Gasteiger partial charge in [-0.2, -0.15) is 5.26 Å². The molecular weight excluding hydrogens is 198 g/mol. The summed E-state index contributed by atoms with van der Waals surface area (Å²) in [6.07, 6.45) is 4.10. The van der Waals surface area contributed by atoms with Gasteiger partial charge in [0.25, 0.3) is 0 Å². The maximum Gasteiger partial charge on any atom is 0.0683 e. The van der Waals surface area contributed by atoms with E-state index in [0.717, 1.165) is 25.9 Å². The highest BCUT2D eigenvalue weighted by Crippen LogP contribution is 2.21. The van der Waals surface area contributed by atoms with Crippen LogP contribution in [0, 0.1) is 16.7 Å². The third-order valence-corrected chi connectivity index (χ3v) is 2.78. The molecule has 1 aromatic rings. The Balaban J connectivity index is 2.43. The second-order valence-electron chi connectivity index (χ2n) is 4.82. The minimum Gasteiger partial charge on any atom is -0.350 e. The predicted octanol–water partition coefficient (Wildman–Crippen LogP) is 2.54. The second kappa shape index (κ2) is 5.72. The van der Waals surface area contributed by atoms with Crippen molar-refractivity contribution in [1.82, 2.24) is 9.88 Å². The number of rotatable bonds is 6. The molecule has 0 unspecified atom stereocenters. The fourth-order valence-corrected chi connectivity index (χ4v) is 1.76. The van der Waals surface area contributed by atoms with E-state index in [4.69, 9.17) is 5.26 Å². The van der Waals surface area contributed by atoms with Gasteiger partial charge in [-0.05, 0) is 45.9 Å². The molecule has 0 spiro atoms. The Morgan fingerprint density at radius 3 is 2.88 bits per heavy atom. The van der Waals surface area contributed by atoms with Crippen LogP contribution in [0.5, 0.6) is 0 Å². The number of aromatic nitrogens is 1.